The number of hydrogen-bond acceptors (Lipinski definition) is 8. The maximum atomic E-state index is 12.3. The second kappa shape index (κ2) is 7.48. The van der Waals surface area contributed by atoms with E-state index in [9.17, 15) is 19.5 Å². The molecule has 0 aliphatic heterocycles. The molecule has 9 nitrogen and oxygen atoms in total. The van der Waals surface area contributed by atoms with Crippen LogP contribution in [0.2, 0.25) is 0 Å². The standard InChI is InChI=1S/C13H16ClN2O7P/c1-21-15-13(8-2-3-9-13)12(17)23-24(14,20)22-11-6-4-10(5-7-11)16(18)19/h4-7,15H,2-3,8-9H2,1H3. The molecule has 1 aromatic carbocycles. The van der Waals surface area contributed by atoms with E-state index in [1.54, 1.807) is 0 Å². The second-order valence-corrected chi connectivity index (χ2v) is 7.72. The minimum atomic E-state index is -4.27. The summed E-state index contributed by atoms with van der Waals surface area (Å²) in [7, 11) is 1.36. The highest BCUT2D eigenvalue weighted by atomic mass is 35.7. The van der Waals surface area contributed by atoms with Crippen LogP contribution in [0.1, 0.15) is 25.7 Å². The summed E-state index contributed by atoms with van der Waals surface area (Å²) in [5, 5.41) is 10.6. The molecular formula is C13H16ClN2O7P. The normalized spacial score (nSPS) is 18.6. The van der Waals surface area contributed by atoms with Crippen LogP contribution in [0.15, 0.2) is 24.3 Å². The molecule has 1 aromatic rings. The first kappa shape index (κ1) is 18.7. The van der Waals surface area contributed by atoms with Crippen LogP contribution in [-0.2, 0) is 18.7 Å². The number of benzene rings is 1. The zero-order valence-electron chi connectivity index (χ0n) is 12.8. The third kappa shape index (κ3) is 4.45. The molecular weight excluding hydrogens is 363 g/mol. The van der Waals surface area contributed by atoms with Crippen molar-refractivity contribution in [1.82, 2.24) is 5.48 Å². The van der Waals surface area contributed by atoms with E-state index in [1.165, 1.54) is 19.2 Å². The maximum absolute atomic E-state index is 12.3. The van der Waals surface area contributed by atoms with Crippen LogP contribution in [0, 0.1) is 10.1 Å². The summed E-state index contributed by atoms with van der Waals surface area (Å²) in [5.74, 6) is -0.853. The Bertz CT molecular complexity index is 661. The van der Waals surface area contributed by atoms with Gasteiger partial charge in [0.1, 0.15) is 11.3 Å². The maximum Gasteiger partial charge on any atom is 0.532 e. The van der Waals surface area contributed by atoms with E-state index in [4.69, 9.17) is 25.1 Å². The van der Waals surface area contributed by atoms with Crippen molar-refractivity contribution >= 4 is 29.8 Å². The highest BCUT2D eigenvalue weighted by Gasteiger charge is 2.46. The van der Waals surface area contributed by atoms with Crippen LogP contribution in [-0.4, -0.2) is 23.5 Å². The Morgan fingerprint density at radius 2 is 1.92 bits per heavy atom. The summed E-state index contributed by atoms with van der Waals surface area (Å²) in [5.41, 5.74) is 1.30. The van der Waals surface area contributed by atoms with Gasteiger partial charge in [-0.25, -0.2) is 9.36 Å². The average molecular weight is 379 g/mol. The molecule has 1 saturated carbocycles. The number of carbonyl (C=O) groups is 1. The Kier molecular flexibility index (Phi) is 5.82. The third-order valence-electron chi connectivity index (χ3n) is 3.60. The summed E-state index contributed by atoms with van der Waals surface area (Å²) in [6.07, 6.45) is 2.46. The molecule has 2 rings (SSSR count). The van der Waals surface area contributed by atoms with Crippen LogP contribution in [0.4, 0.5) is 5.69 Å². The lowest BCUT2D eigenvalue weighted by atomic mass is 10.00. The minimum absolute atomic E-state index is 0.0214. The zero-order chi connectivity index (χ0) is 17.8. The second-order valence-electron chi connectivity index (χ2n) is 5.25. The highest BCUT2D eigenvalue weighted by molar-refractivity contribution is 7.82. The van der Waals surface area contributed by atoms with Gasteiger partial charge in [-0.05, 0) is 25.0 Å². The fourth-order valence-electron chi connectivity index (χ4n) is 2.48. The van der Waals surface area contributed by atoms with Crippen molar-refractivity contribution in [2.24, 2.45) is 0 Å². The molecule has 0 bridgehead atoms. The van der Waals surface area contributed by atoms with Crippen molar-refractivity contribution in [3.8, 4) is 5.75 Å². The van der Waals surface area contributed by atoms with Crippen LogP contribution < -0.4 is 10.0 Å². The Morgan fingerprint density at radius 3 is 2.42 bits per heavy atom. The molecule has 1 unspecified atom stereocenters. The molecule has 11 heteroatoms. The summed E-state index contributed by atoms with van der Waals surface area (Å²) in [4.78, 5) is 27.1. The summed E-state index contributed by atoms with van der Waals surface area (Å²) in [6.45, 7) is -4.27. The van der Waals surface area contributed by atoms with E-state index in [0.29, 0.717) is 12.8 Å². The largest absolute Gasteiger partial charge is 0.532 e. The smallest absolute Gasteiger partial charge is 0.405 e. The molecule has 1 aliphatic rings. The number of hydroxylamine groups is 1. The van der Waals surface area contributed by atoms with Crippen molar-refractivity contribution in [1.29, 1.82) is 0 Å². The van der Waals surface area contributed by atoms with Crippen molar-refractivity contribution in [3.05, 3.63) is 34.4 Å². The topological polar surface area (TPSA) is 117 Å². The summed E-state index contributed by atoms with van der Waals surface area (Å²) in [6, 6.07) is 4.72. The van der Waals surface area contributed by atoms with E-state index in [2.05, 4.69) is 5.48 Å². The Labute approximate surface area is 142 Å². The molecule has 1 fully saturated rings. The van der Waals surface area contributed by atoms with Gasteiger partial charge in [-0.2, -0.15) is 5.48 Å². The number of non-ortho nitro benzene ring substituents is 1. The number of rotatable bonds is 7. The molecule has 24 heavy (non-hydrogen) atoms. The molecule has 1 N–H and O–H groups in total. The number of nitrogens with one attached hydrogen (secondary N) is 1. The van der Waals surface area contributed by atoms with Gasteiger partial charge in [0, 0.05) is 23.4 Å². The van der Waals surface area contributed by atoms with Crippen molar-refractivity contribution < 1.29 is 28.2 Å². The van der Waals surface area contributed by atoms with Crippen LogP contribution >= 0.6 is 18.2 Å². The predicted octanol–water partition coefficient (Wildman–Crippen LogP) is 3.33. The van der Waals surface area contributed by atoms with Gasteiger partial charge in [-0.15, -0.1) is 0 Å². The molecule has 0 amide bonds. The molecule has 0 spiro atoms. The number of halogens is 1. The molecule has 1 aliphatic carbocycles. The van der Waals surface area contributed by atoms with Crippen LogP contribution in [0.25, 0.3) is 0 Å². The lowest BCUT2D eigenvalue weighted by Crippen LogP contribution is -2.49. The van der Waals surface area contributed by atoms with Gasteiger partial charge < -0.3 is 13.9 Å². The minimum Gasteiger partial charge on any atom is -0.405 e. The van der Waals surface area contributed by atoms with Gasteiger partial charge in [-0.3, -0.25) is 10.1 Å². The number of nitro benzene ring substituents is 1. The Balaban J connectivity index is 2.05. The monoisotopic (exact) mass is 378 g/mol. The van der Waals surface area contributed by atoms with E-state index in [1.807, 2.05) is 0 Å². The Hall–Kier alpha value is -1.67. The van der Waals surface area contributed by atoms with E-state index >= 15 is 0 Å². The fraction of sp³-hybridized carbons (Fsp3) is 0.462. The van der Waals surface area contributed by atoms with Crippen molar-refractivity contribution in [3.63, 3.8) is 0 Å². The molecule has 132 valence electrons. The lowest BCUT2D eigenvalue weighted by molar-refractivity contribution is -0.384. The molecule has 0 aromatic heterocycles. The highest BCUT2D eigenvalue weighted by Crippen LogP contribution is 2.54. The van der Waals surface area contributed by atoms with Gasteiger partial charge in [0.25, 0.3) is 5.69 Å². The zero-order valence-corrected chi connectivity index (χ0v) is 14.4. The summed E-state index contributed by atoms with van der Waals surface area (Å²) >= 11 is 5.70. The summed E-state index contributed by atoms with van der Waals surface area (Å²) < 4.78 is 22.0. The first-order valence-corrected chi connectivity index (χ1v) is 9.51. The van der Waals surface area contributed by atoms with Gasteiger partial charge >= 0.3 is 12.9 Å². The number of carbonyl (C=O) groups excluding carboxylic acids is 1. The first-order chi connectivity index (χ1) is 11.3. The van der Waals surface area contributed by atoms with Gasteiger partial charge in [-0.1, -0.05) is 12.8 Å². The van der Waals surface area contributed by atoms with Crippen LogP contribution in [0.5, 0.6) is 5.75 Å². The molecule has 0 saturated heterocycles. The number of nitrogens with zero attached hydrogens (tertiary/aromatic N) is 1. The average Bonchev–Trinajstić information content (AvgIpc) is 2.97. The molecule has 1 atom stereocenters. The first-order valence-electron chi connectivity index (χ1n) is 7.06. The van der Waals surface area contributed by atoms with Crippen molar-refractivity contribution in [2.45, 2.75) is 31.2 Å². The van der Waals surface area contributed by atoms with Crippen molar-refractivity contribution in [2.75, 3.05) is 7.11 Å². The van der Waals surface area contributed by atoms with Gasteiger partial charge in [0.2, 0.25) is 0 Å². The van der Waals surface area contributed by atoms with Gasteiger partial charge in [0.05, 0.1) is 12.0 Å². The Morgan fingerprint density at radius 1 is 1.33 bits per heavy atom. The number of nitro groups is 1. The SMILES string of the molecule is CONC1(C(=O)OP(=O)(Cl)Oc2ccc([N+](=O)[O-])cc2)CCCC1. The predicted molar refractivity (Wildman–Crippen MR) is 84.6 cm³/mol. The molecule has 0 heterocycles. The fourth-order valence-corrected chi connectivity index (χ4v) is 3.69. The van der Waals surface area contributed by atoms with E-state index in [-0.39, 0.29) is 11.4 Å². The number of hydrogen-bond donors (Lipinski definition) is 1. The van der Waals surface area contributed by atoms with E-state index in [0.717, 1.165) is 25.0 Å². The van der Waals surface area contributed by atoms with Gasteiger partial charge in [0.15, 0.2) is 0 Å². The van der Waals surface area contributed by atoms with Crippen LogP contribution in [0.3, 0.4) is 0 Å². The lowest BCUT2D eigenvalue weighted by Gasteiger charge is -2.27. The molecule has 0 radical (unpaired) electrons. The third-order valence-corrected chi connectivity index (χ3v) is 4.83. The quantitative estimate of drug-likeness (QED) is 0.436. The van der Waals surface area contributed by atoms with E-state index < -0.39 is 23.4 Å².